The lowest BCUT2D eigenvalue weighted by molar-refractivity contribution is -0.400. The molecule has 2 atom stereocenters. The Morgan fingerprint density at radius 1 is 1.12 bits per heavy atom. The molecular weight excluding hydrogens is 447 g/mol. The molecule has 1 saturated heterocycles. The van der Waals surface area contributed by atoms with Crippen LogP contribution in [0.3, 0.4) is 0 Å². The number of aromatic nitrogens is 2. The number of nitrogens with zero attached hydrogens (tertiary/aromatic N) is 3. The maximum Gasteiger partial charge on any atom is 0.280 e. The summed E-state index contributed by atoms with van der Waals surface area (Å²) in [5.41, 5.74) is 5.76. The number of likely N-dealkylation sites (tertiary alicyclic amines) is 1. The maximum atomic E-state index is 13.3. The third-order valence-corrected chi connectivity index (χ3v) is 6.22. The first-order valence-corrected chi connectivity index (χ1v) is 11.2. The van der Waals surface area contributed by atoms with Gasteiger partial charge in [0.25, 0.3) is 11.5 Å². The molecule has 0 saturated carbocycles. The highest BCUT2D eigenvalue weighted by Gasteiger charge is 2.26. The van der Waals surface area contributed by atoms with Crippen molar-refractivity contribution in [1.82, 2.24) is 14.7 Å². The van der Waals surface area contributed by atoms with Crippen LogP contribution in [-0.4, -0.2) is 39.7 Å². The van der Waals surface area contributed by atoms with E-state index in [1.54, 1.807) is 4.68 Å². The van der Waals surface area contributed by atoms with Gasteiger partial charge in [0.05, 0.1) is 17.1 Å². The van der Waals surface area contributed by atoms with Crippen LogP contribution in [0.4, 0.5) is 0 Å². The number of carbonyl (C=O) groups excluding carboxylic acids is 1. The molecule has 2 heterocycles. The number of rotatable bonds is 4. The number of hydrogen-bond acceptors (Lipinski definition) is 3. The monoisotopic (exact) mass is 474 g/mol. The van der Waals surface area contributed by atoms with Gasteiger partial charge in [-0.3, -0.25) is 9.59 Å². The van der Waals surface area contributed by atoms with E-state index in [1.165, 1.54) is 0 Å². The zero-order chi connectivity index (χ0) is 22.0. The van der Waals surface area contributed by atoms with Crippen molar-refractivity contribution >= 4 is 28.3 Å². The summed E-state index contributed by atoms with van der Waals surface area (Å²) >= 11 is 6.03. The predicted molar refractivity (Wildman–Crippen MR) is 122 cm³/mol. The van der Waals surface area contributed by atoms with Gasteiger partial charge >= 0.3 is 0 Å². The summed E-state index contributed by atoms with van der Waals surface area (Å²) in [6, 6.07) is 15.1. The number of halogens is 2. The number of quaternary nitrogens is 1. The molecule has 6 nitrogen and oxygen atoms in total. The standard InChI is InChI=1S/C24H27ClN4O2.ClH/c1-16(26)23(30)28-13-4-5-19(12-14-28)29-24(31)21-7-3-2-6-20(21)22(27-29)15-17-8-10-18(25)11-9-17;/h2-3,6-11,16,19H,4-5,12-15,26H2,1H3;1H. The molecular formula is C24H28Cl2N4O2. The fourth-order valence-electron chi connectivity index (χ4n) is 4.30. The summed E-state index contributed by atoms with van der Waals surface area (Å²) in [6.45, 7) is 3.15. The molecule has 0 spiro atoms. The number of fused-ring (bicyclic) bond motifs is 1. The molecule has 1 aromatic heterocycles. The summed E-state index contributed by atoms with van der Waals surface area (Å²) < 4.78 is 1.66. The quantitative estimate of drug-likeness (QED) is 0.569. The molecule has 0 bridgehead atoms. The van der Waals surface area contributed by atoms with Crippen LogP contribution in [0, 0.1) is 0 Å². The Morgan fingerprint density at radius 3 is 2.50 bits per heavy atom. The van der Waals surface area contributed by atoms with Crippen molar-refractivity contribution in [2.45, 2.75) is 44.7 Å². The fourth-order valence-corrected chi connectivity index (χ4v) is 4.43. The molecule has 0 radical (unpaired) electrons. The Morgan fingerprint density at radius 2 is 1.81 bits per heavy atom. The van der Waals surface area contributed by atoms with Crippen molar-refractivity contribution in [2.75, 3.05) is 13.1 Å². The van der Waals surface area contributed by atoms with E-state index in [9.17, 15) is 9.59 Å². The Hall–Kier alpha value is -2.41. The van der Waals surface area contributed by atoms with Gasteiger partial charge in [0.15, 0.2) is 6.04 Å². The molecule has 1 aliphatic rings. The predicted octanol–water partition coefficient (Wildman–Crippen LogP) is -0.171. The van der Waals surface area contributed by atoms with E-state index in [4.69, 9.17) is 16.7 Å². The fraction of sp³-hybridized carbons (Fsp3) is 0.375. The van der Waals surface area contributed by atoms with Gasteiger partial charge in [-0.05, 0) is 49.9 Å². The summed E-state index contributed by atoms with van der Waals surface area (Å²) in [5.74, 6) is 0.0721. The van der Waals surface area contributed by atoms with Crippen molar-refractivity contribution in [2.24, 2.45) is 0 Å². The maximum absolute atomic E-state index is 13.3. The van der Waals surface area contributed by atoms with E-state index in [0.29, 0.717) is 36.3 Å². The van der Waals surface area contributed by atoms with E-state index in [1.807, 2.05) is 60.4 Å². The van der Waals surface area contributed by atoms with Gasteiger partial charge < -0.3 is 23.0 Å². The van der Waals surface area contributed by atoms with Gasteiger partial charge in [-0.15, -0.1) is 0 Å². The Kier molecular flexibility index (Phi) is 7.93. The van der Waals surface area contributed by atoms with E-state index < -0.39 is 0 Å². The normalized spacial score (nSPS) is 17.5. The first kappa shape index (κ1) is 24.2. The minimum Gasteiger partial charge on any atom is -1.00 e. The minimum absolute atomic E-state index is 0. The lowest BCUT2D eigenvalue weighted by atomic mass is 10.0. The van der Waals surface area contributed by atoms with E-state index in [0.717, 1.165) is 29.5 Å². The molecule has 0 aliphatic carbocycles. The highest BCUT2D eigenvalue weighted by Crippen LogP contribution is 2.24. The van der Waals surface area contributed by atoms with Gasteiger partial charge in [-0.1, -0.05) is 41.9 Å². The smallest absolute Gasteiger partial charge is 0.280 e. The SMILES string of the molecule is CC([NH3+])C(=O)N1CCCC(n2nc(Cc3ccc(Cl)cc3)c3ccccc3c2=O)CC1.[Cl-]. The summed E-state index contributed by atoms with van der Waals surface area (Å²) in [5, 5.41) is 7.11. The Labute approximate surface area is 198 Å². The van der Waals surface area contributed by atoms with E-state index in [2.05, 4.69) is 5.73 Å². The second-order valence-electron chi connectivity index (χ2n) is 8.36. The van der Waals surface area contributed by atoms with Crippen LogP contribution in [0.15, 0.2) is 53.3 Å². The van der Waals surface area contributed by atoms with Crippen molar-refractivity contribution in [3.05, 3.63) is 75.2 Å². The molecule has 1 amide bonds. The zero-order valence-corrected chi connectivity index (χ0v) is 19.6. The third-order valence-electron chi connectivity index (χ3n) is 5.97. The molecule has 32 heavy (non-hydrogen) atoms. The van der Waals surface area contributed by atoms with Gasteiger partial charge in [0.1, 0.15) is 0 Å². The molecule has 4 rings (SSSR count). The lowest BCUT2D eigenvalue weighted by Gasteiger charge is -2.21. The van der Waals surface area contributed by atoms with Crippen LogP contribution in [0.25, 0.3) is 10.8 Å². The van der Waals surface area contributed by atoms with Crippen molar-refractivity contribution in [3.8, 4) is 0 Å². The number of carbonyl (C=O) groups is 1. The molecule has 1 fully saturated rings. The Balaban J connectivity index is 0.00000289. The summed E-state index contributed by atoms with van der Waals surface area (Å²) in [6.07, 6.45) is 3.00. The van der Waals surface area contributed by atoms with Crippen LogP contribution >= 0.6 is 11.6 Å². The van der Waals surface area contributed by atoms with E-state index >= 15 is 0 Å². The highest BCUT2D eigenvalue weighted by molar-refractivity contribution is 6.30. The largest absolute Gasteiger partial charge is 1.00 e. The highest BCUT2D eigenvalue weighted by atomic mass is 35.5. The van der Waals surface area contributed by atoms with Gasteiger partial charge in [-0.2, -0.15) is 5.10 Å². The molecule has 2 unspecified atom stereocenters. The topological polar surface area (TPSA) is 82.8 Å². The lowest BCUT2D eigenvalue weighted by Crippen LogP contribution is -3.00. The first-order valence-electron chi connectivity index (χ1n) is 10.8. The minimum atomic E-state index is -0.260. The van der Waals surface area contributed by atoms with Crippen molar-refractivity contribution < 1.29 is 22.9 Å². The molecule has 3 aromatic rings. The molecule has 1 aliphatic heterocycles. The second kappa shape index (κ2) is 10.5. The van der Waals surface area contributed by atoms with Gasteiger partial charge in [-0.25, -0.2) is 4.68 Å². The summed E-state index contributed by atoms with van der Waals surface area (Å²) in [7, 11) is 0. The van der Waals surface area contributed by atoms with Gasteiger partial charge in [0.2, 0.25) is 0 Å². The van der Waals surface area contributed by atoms with Crippen molar-refractivity contribution in [3.63, 3.8) is 0 Å². The van der Waals surface area contributed by atoms with Crippen LogP contribution in [-0.2, 0) is 11.2 Å². The first-order chi connectivity index (χ1) is 14.9. The average molecular weight is 475 g/mol. The number of hydrogen-bond donors (Lipinski definition) is 1. The number of amides is 1. The zero-order valence-electron chi connectivity index (χ0n) is 18.1. The van der Waals surface area contributed by atoms with Gasteiger partial charge in [0, 0.05) is 29.9 Å². The Bertz CT molecular complexity index is 1140. The summed E-state index contributed by atoms with van der Waals surface area (Å²) in [4.78, 5) is 27.6. The average Bonchev–Trinajstić information content (AvgIpc) is 3.03. The molecule has 8 heteroatoms. The number of benzene rings is 2. The van der Waals surface area contributed by atoms with E-state index in [-0.39, 0.29) is 36.0 Å². The van der Waals surface area contributed by atoms with Crippen LogP contribution < -0.4 is 23.7 Å². The second-order valence-corrected chi connectivity index (χ2v) is 8.79. The van der Waals surface area contributed by atoms with Crippen LogP contribution in [0.1, 0.15) is 43.5 Å². The molecule has 170 valence electrons. The van der Waals surface area contributed by atoms with Crippen molar-refractivity contribution in [1.29, 1.82) is 0 Å². The molecule has 2 aromatic carbocycles. The third kappa shape index (κ3) is 5.14. The van der Waals surface area contributed by atoms with Crippen LogP contribution in [0.5, 0.6) is 0 Å². The molecule has 3 N–H and O–H groups in total. The van der Waals surface area contributed by atoms with Crippen LogP contribution in [0.2, 0.25) is 5.02 Å².